The second-order valence-corrected chi connectivity index (χ2v) is 5.22. The molecule has 1 aliphatic heterocycles. The molecule has 1 atom stereocenters. The third-order valence-corrected chi connectivity index (χ3v) is 3.72. The van der Waals surface area contributed by atoms with Crippen LogP contribution in [-0.4, -0.2) is 41.1 Å². The fourth-order valence-corrected chi connectivity index (χ4v) is 2.61. The van der Waals surface area contributed by atoms with Crippen molar-refractivity contribution in [3.8, 4) is 0 Å². The normalized spacial score (nSPS) is 22.3. The first kappa shape index (κ1) is 15.3. The summed E-state index contributed by atoms with van der Waals surface area (Å²) in [6, 6.07) is 8.68. The van der Waals surface area contributed by atoms with E-state index in [1.54, 1.807) is 30.3 Å². The monoisotopic (exact) mass is 301 g/mol. The predicted molar refractivity (Wildman–Crippen MR) is 67.5 cm³/mol. The van der Waals surface area contributed by atoms with Gasteiger partial charge in [0.1, 0.15) is 0 Å². The highest BCUT2D eigenvalue weighted by molar-refractivity contribution is 5.84. The minimum atomic E-state index is -4.97. The van der Waals surface area contributed by atoms with Gasteiger partial charge in [-0.05, 0) is 18.4 Å². The summed E-state index contributed by atoms with van der Waals surface area (Å²) in [7, 11) is 0. The van der Waals surface area contributed by atoms with Gasteiger partial charge in [-0.2, -0.15) is 13.2 Å². The Morgan fingerprint density at radius 1 is 1.24 bits per heavy atom. The molecule has 0 saturated carbocycles. The fourth-order valence-electron chi connectivity index (χ4n) is 2.61. The van der Waals surface area contributed by atoms with Crippen LogP contribution in [0.25, 0.3) is 0 Å². The number of carboxylic acids is 1. The number of amides is 1. The maximum atomic E-state index is 12.4. The molecular formula is C14H14F3NO3. The zero-order chi connectivity index (χ0) is 15.7. The van der Waals surface area contributed by atoms with E-state index in [-0.39, 0.29) is 19.4 Å². The number of carbonyl (C=O) groups excluding carboxylic acids is 1. The number of likely N-dealkylation sites (tertiary alicyclic amines) is 1. The highest BCUT2D eigenvalue weighted by atomic mass is 19.4. The lowest BCUT2D eigenvalue weighted by molar-refractivity contribution is -0.185. The third kappa shape index (κ3) is 3.17. The lowest BCUT2D eigenvalue weighted by Gasteiger charge is -2.25. The lowest BCUT2D eigenvalue weighted by Crippen LogP contribution is -2.43. The van der Waals surface area contributed by atoms with E-state index >= 15 is 0 Å². The SMILES string of the molecule is O=C(N1CCC(Cc2ccccc2)(C(=O)O)C1)C(F)(F)F. The molecule has 0 bridgehead atoms. The van der Waals surface area contributed by atoms with E-state index in [0.29, 0.717) is 4.90 Å². The minimum Gasteiger partial charge on any atom is -0.481 e. The summed E-state index contributed by atoms with van der Waals surface area (Å²) in [5.41, 5.74) is -0.636. The van der Waals surface area contributed by atoms with Crippen molar-refractivity contribution < 1.29 is 27.9 Å². The number of carbonyl (C=O) groups is 2. The molecule has 1 aromatic rings. The standard InChI is InChI=1S/C14H14F3NO3/c15-14(16,17)11(19)18-7-6-13(9-18,12(20)21)8-10-4-2-1-3-5-10/h1-5H,6-9H2,(H,20,21). The van der Waals surface area contributed by atoms with Crippen LogP contribution in [0.4, 0.5) is 13.2 Å². The Labute approximate surface area is 119 Å². The maximum Gasteiger partial charge on any atom is 0.471 e. The first-order valence-corrected chi connectivity index (χ1v) is 6.38. The van der Waals surface area contributed by atoms with Crippen molar-refractivity contribution in [3.63, 3.8) is 0 Å². The summed E-state index contributed by atoms with van der Waals surface area (Å²) in [5.74, 6) is -3.15. The number of aliphatic carboxylic acids is 1. The van der Waals surface area contributed by atoms with Gasteiger partial charge in [-0.15, -0.1) is 0 Å². The van der Waals surface area contributed by atoms with E-state index in [1.807, 2.05) is 0 Å². The van der Waals surface area contributed by atoms with Crippen LogP contribution in [0.3, 0.4) is 0 Å². The Balaban J connectivity index is 2.19. The zero-order valence-electron chi connectivity index (χ0n) is 11.1. The third-order valence-electron chi connectivity index (χ3n) is 3.72. The molecule has 1 saturated heterocycles. The summed E-state index contributed by atoms with van der Waals surface area (Å²) in [6.07, 6.45) is -4.86. The van der Waals surface area contributed by atoms with Gasteiger partial charge in [-0.3, -0.25) is 9.59 Å². The summed E-state index contributed by atoms with van der Waals surface area (Å²) in [5, 5.41) is 9.41. The largest absolute Gasteiger partial charge is 0.481 e. The van der Waals surface area contributed by atoms with Crippen LogP contribution in [-0.2, 0) is 16.0 Å². The Morgan fingerprint density at radius 2 is 1.86 bits per heavy atom. The smallest absolute Gasteiger partial charge is 0.471 e. The van der Waals surface area contributed by atoms with Crippen molar-refractivity contribution in [2.24, 2.45) is 5.41 Å². The van der Waals surface area contributed by atoms with Crippen molar-refractivity contribution >= 4 is 11.9 Å². The second kappa shape index (κ2) is 5.38. The number of benzene rings is 1. The van der Waals surface area contributed by atoms with Gasteiger partial charge >= 0.3 is 18.1 Å². The maximum absolute atomic E-state index is 12.4. The topological polar surface area (TPSA) is 57.6 Å². The summed E-state index contributed by atoms with van der Waals surface area (Å²) in [4.78, 5) is 23.3. The first-order chi connectivity index (χ1) is 9.74. The molecule has 2 rings (SSSR count). The van der Waals surface area contributed by atoms with Crippen LogP contribution in [0.5, 0.6) is 0 Å². The molecule has 0 spiro atoms. The van der Waals surface area contributed by atoms with E-state index in [4.69, 9.17) is 0 Å². The van der Waals surface area contributed by atoms with Crippen LogP contribution in [0.15, 0.2) is 30.3 Å². The molecule has 1 N–H and O–H groups in total. The number of carboxylic acid groups (broad SMARTS) is 1. The zero-order valence-corrected chi connectivity index (χ0v) is 11.1. The molecule has 1 unspecified atom stereocenters. The number of nitrogens with zero attached hydrogens (tertiary/aromatic N) is 1. The quantitative estimate of drug-likeness (QED) is 0.930. The molecule has 114 valence electrons. The molecule has 0 aromatic heterocycles. The lowest BCUT2D eigenvalue weighted by atomic mass is 9.81. The van der Waals surface area contributed by atoms with Crippen LogP contribution in [0.1, 0.15) is 12.0 Å². The molecule has 1 aromatic carbocycles. The van der Waals surface area contributed by atoms with Crippen molar-refractivity contribution in [1.29, 1.82) is 0 Å². The highest BCUT2D eigenvalue weighted by Crippen LogP contribution is 2.36. The van der Waals surface area contributed by atoms with E-state index in [0.717, 1.165) is 5.56 Å². The molecule has 0 aliphatic carbocycles. The molecule has 7 heteroatoms. The van der Waals surface area contributed by atoms with Crippen molar-refractivity contribution in [2.75, 3.05) is 13.1 Å². The number of alkyl halides is 3. The van der Waals surface area contributed by atoms with Gasteiger partial charge in [0, 0.05) is 13.1 Å². The molecule has 1 amide bonds. The fraction of sp³-hybridized carbons (Fsp3) is 0.429. The Hall–Kier alpha value is -2.05. The summed E-state index contributed by atoms with van der Waals surface area (Å²) < 4.78 is 37.3. The Bertz CT molecular complexity index is 544. The van der Waals surface area contributed by atoms with E-state index in [2.05, 4.69) is 0 Å². The average Bonchev–Trinajstić information content (AvgIpc) is 2.83. The van der Waals surface area contributed by atoms with Gasteiger partial charge in [0.05, 0.1) is 5.41 Å². The van der Waals surface area contributed by atoms with Crippen LogP contribution >= 0.6 is 0 Å². The Morgan fingerprint density at radius 3 is 2.38 bits per heavy atom. The van der Waals surface area contributed by atoms with Crippen LogP contribution < -0.4 is 0 Å². The van der Waals surface area contributed by atoms with Gasteiger partial charge in [-0.1, -0.05) is 30.3 Å². The van der Waals surface area contributed by atoms with Crippen molar-refractivity contribution in [2.45, 2.75) is 19.0 Å². The molecule has 21 heavy (non-hydrogen) atoms. The first-order valence-electron chi connectivity index (χ1n) is 6.38. The number of hydrogen-bond acceptors (Lipinski definition) is 2. The summed E-state index contributed by atoms with van der Waals surface area (Å²) in [6.45, 7) is -0.618. The molecule has 1 aliphatic rings. The molecule has 4 nitrogen and oxygen atoms in total. The van der Waals surface area contributed by atoms with Gasteiger partial charge in [0.15, 0.2) is 0 Å². The number of rotatable bonds is 3. The van der Waals surface area contributed by atoms with Gasteiger partial charge in [0.2, 0.25) is 0 Å². The van der Waals surface area contributed by atoms with Crippen LogP contribution in [0.2, 0.25) is 0 Å². The van der Waals surface area contributed by atoms with Crippen molar-refractivity contribution in [1.82, 2.24) is 4.90 Å². The predicted octanol–water partition coefficient (Wildman–Crippen LogP) is 2.09. The summed E-state index contributed by atoms with van der Waals surface area (Å²) >= 11 is 0. The average molecular weight is 301 g/mol. The number of hydrogen-bond donors (Lipinski definition) is 1. The molecular weight excluding hydrogens is 287 g/mol. The highest BCUT2D eigenvalue weighted by Gasteiger charge is 2.51. The van der Waals surface area contributed by atoms with Crippen molar-refractivity contribution in [3.05, 3.63) is 35.9 Å². The molecule has 0 radical (unpaired) electrons. The van der Waals surface area contributed by atoms with Gasteiger partial charge in [-0.25, -0.2) is 0 Å². The van der Waals surface area contributed by atoms with Gasteiger partial charge < -0.3 is 10.0 Å². The Kier molecular flexibility index (Phi) is 3.93. The van der Waals surface area contributed by atoms with Crippen LogP contribution in [0, 0.1) is 5.41 Å². The van der Waals surface area contributed by atoms with E-state index in [9.17, 15) is 27.9 Å². The second-order valence-electron chi connectivity index (χ2n) is 5.22. The van der Waals surface area contributed by atoms with E-state index < -0.39 is 30.0 Å². The minimum absolute atomic E-state index is 0.0129. The van der Waals surface area contributed by atoms with E-state index in [1.165, 1.54) is 0 Å². The van der Waals surface area contributed by atoms with Gasteiger partial charge in [0.25, 0.3) is 0 Å². The molecule has 1 fully saturated rings. The molecule has 1 heterocycles. The number of halogens is 3.